The third-order valence-corrected chi connectivity index (χ3v) is 6.48. The number of halogens is 1. The van der Waals surface area contributed by atoms with Gasteiger partial charge in [-0.2, -0.15) is 11.8 Å². The Morgan fingerprint density at radius 3 is 2.11 bits per heavy atom. The van der Waals surface area contributed by atoms with Crippen LogP contribution in [0.5, 0.6) is 0 Å². The number of amides is 4. The molecule has 206 valence electrons. The molecular weight excluding hydrogens is 507 g/mol. The molecule has 38 heavy (non-hydrogen) atoms. The SMILES string of the molecule is CSCC[C@H](NC=O)C(=O)N[C@@H](CC(C)C)C(=O)N[C@@H](Cc1ccccc1)C(=O)NCc1ccc(F)cc1. The van der Waals surface area contributed by atoms with Crippen LogP contribution in [0.2, 0.25) is 0 Å². The van der Waals surface area contributed by atoms with Crippen molar-refractivity contribution in [2.75, 3.05) is 12.0 Å². The standard InChI is InChI=1S/C28H37FN4O4S/c1-19(2)15-24(32-27(36)23(31-18-34)13-14-38-3)28(37)33-25(16-20-7-5-4-6-8-20)26(35)30-17-21-9-11-22(29)12-10-21/h4-12,18-19,23-25H,13-17H2,1-3H3,(H,30,35)(H,31,34)(H,32,36)(H,33,37)/t23-,24-,25-/m0/s1. The highest BCUT2D eigenvalue weighted by molar-refractivity contribution is 7.98. The topological polar surface area (TPSA) is 116 Å². The van der Waals surface area contributed by atoms with Gasteiger partial charge in [-0.1, -0.05) is 56.3 Å². The maximum absolute atomic E-state index is 13.4. The van der Waals surface area contributed by atoms with E-state index in [1.807, 2.05) is 50.4 Å². The smallest absolute Gasteiger partial charge is 0.243 e. The Bertz CT molecular complexity index is 1040. The fraction of sp³-hybridized carbons (Fsp3) is 0.429. The molecule has 0 aliphatic carbocycles. The van der Waals surface area contributed by atoms with Crippen molar-refractivity contribution in [3.63, 3.8) is 0 Å². The number of thioether (sulfide) groups is 1. The highest BCUT2D eigenvalue weighted by Gasteiger charge is 2.29. The number of carbonyl (C=O) groups is 4. The molecule has 0 fully saturated rings. The number of carbonyl (C=O) groups excluding carboxylic acids is 4. The summed E-state index contributed by atoms with van der Waals surface area (Å²) in [6, 6.07) is 12.5. The van der Waals surface area contributed by atoms with Crippen molar-refractivity contribution in [1.82, 2.24) is 21.3 Å². The number of hydrogen-bond acceptors (Lipinski definition) is 5. The van der Waals surface area contributed by atoms with E-state index in [9.17, 15) is 23.6 Å². The molecule has 0 aliphatic rings. The van der Waals surface area contributed by atoms with Crippen molar-refractivity contribution in [3.05, 3.63) is 71.5 Å². The summed E-state index contributed by atoms with van der Waals surface area (Å²) in [4.78, 5) is 50.5. The van der Waals surface area contributed by atoms with E-state index in [0.29, 0.717) is 30.6 Å². The molecule has 0 spiro atoms. The maximum Gasteiger partial charge on any atom is 0.243 e. The average Bonchev–Trinajstić information content (AvgIpc) is 2.90. The summed E-state index contributed by atoms with van der Waals surface area (Å²) in [7, 11) is 0. The largest absolute Gasteiger partial charge is 0.350 e. The van der Waals surface area contributed by atoms with Gasteiger partial charge in [-0.05, 0) is 54.0 Å². The molecule has 8 nitrogen and oxygen atoms in total. The molecule has 2 aromatic rings. The Kier molecular flexibility index (Phi) is 13.3. The van der Waals surface area contributed by atoms with Crippen LogP contribution in [0.4, 0.5) is 4.39 Å². The highest BCUT2D eigenvalue weighted by Crippen LogP contribution is 2.10. The molecule has 4 amide bonds. The van der Waals surface area contributed by atoms with Crippen molar-refractivity contribution < 1.29 is 23.6 Å². The van der Waals surface area contributed by atoms with Crippen molar-refractivity contribution in [2.24, 2.45) is 5.92 Å². The molecule has 0 bridgehead atoms. The molecule has 0 saturated heterocycles. The van der Waals surface area contributed by atoms with Gasteiger partial charge in [0.25, 0.3) is 0 Å². The summed E-state index contributed by atoms with van der Waals surface area (Å²) in [6.45, 7) is 4.03. The first-order chi connectivity index (χ1) is 18.2. The third-order valence-electron chi connectivity index (χ3n) is 5.83. The van der Waals surface area contributed by atoms with Crippen LogP contribution in [-0.2, 0) is 32.1 Å². The number of rotatable bonds is 16. The molecule has 0 saturated carbocycles. The Balaban J connectivity index is 2.17. The minimum absolute atomic E-state index is 0.0783. The van der Waals surface area contributed by atoms with Crippen molar-refractivity contribution in [2.45, 2.75) is 57.8 Å². The fourth-order valence-electron chi connectivity index (χ4n) is 3.83. The Labute approximate surface area is 227 Å². The van der Waals surface area contributed by atoms with Gasteiger partial charge < -0.3 is 21.3 Å². The highest BCUT2D eigenvalue weighted by atomic mass is 32.2. The predicted octanol–water partition coefficient (Wildman–Crippen LogP) is 2.57. The zero-order valence-corrected chi connectivity index (χ0v) is 22.9. The van der Waals surface area contributed by atoms with Gasteiger partial charge in [-0.15, -0.1) is 0 Å². The van der Waals surface area contributed by atoms with Gasteiger partial charge in [0.2, 0.25) is 24.1 Å². The van der Waals surface area contributed by atoms with E-state index in [1.54, 1.807) is 23.9 Å². The molecule has 4 N–H and O–H groups in total. The first-order valence-electron chi connectivity index (χ1n) is 12.6. The summed E-state index contributed by atoms with van der Waals surface area (Å²) in [5.74, 6) is -0.970. The maximum atomic E-state index is 13.4. The summed E-state index contributed by atoms with van der Waals surface area (Å²) in [5.41, 5.74) is 1.57. The molecule has 3 atom stereocenters. The number of nitrogens with one attached hydrogen (secondary N) is 4. The molecule has 2 aromatic carbocycles. The van der Waals surface area contributed by atoms with Gasteiger partial charge in [0.1, 0.15) is 23.9 Å². The van der Waals surface area contributed by atoms with E-state index in [2.05, 4.69) is 21.3 Å². The normalized spacial score (nSPS) is 13.2. The first-order valence-corrected chi connectivity index (χ1v) is 14.0. The van der Waals surface area contributed by atoms with E-state index in [-0.39, 0.29) is 24.7 Å². The van der Waals surface area contributed by atoms with Crippen LogP contribution in [0.15, 0.2) is 54.6 Å². The summed E-state index contributed by atoms with van der Waals surface area (Å²) >= 11 is 1.55. The molecule has 0 heterocycles. The van der Waals surface area contributed by atoms with Crippen LogP contribution in [0.25, 0.3) is 0 Å². The molecule has 2 rings (SSSR count). The minimum atomic E-state index is -0.905. The van der Waals surface area contributed by atoms with E-state index in [4.69, 9.17) is 0 Å². The third kappa shape index (κ3) is 10.9. The molecule has 0 aromatic heterocycles. The van der Waals surface area contributed by atoms with Crippen LogP contribution < -0.4 is 21.3 Å². The van der Waals surface area contributed by atoms with Crippen molar-refractivity contribution in [1.29, 1.82) is 0 Å². The summed E-state index contributed by atoms with van der Waals surface area (Å²) in [6.07, 6.45) is 3.39. The Morgan fingerprint density at radius 2 is 1.50 bits per heavy atom. The minimum Gasteiger partial charge on any atom is -0.350 e. The lowest BCUT2D eigenvalue weighted by Gasteiger charge is -2.26. The van der Waals surface area contributed by atoms with Crippen molar-refractivity contribution >= 4 is 35.9 Å². The Hall–Kier alpha value is -3.40. The van der Waals surface area contributed by atoms with Crippen LogP contribution >= 0.6 is 11.8 Å². The van der Waals surface area contributed by atoms with E-state index in [1.165, 1.54) is 12.1 Å². The van der Waals surface area contributed by atoms with Gasteiger partial charge in [-0.3, -0.25) is 19.2 Å². The van der Waals surface area contributed by atoms with Gasteiger partial charge in [-0.25, -0.2) is 4.39 Å². The zero-order valence-electron chi connectivity index (χ0n) is 22.0. The lowest BCUT2D eigenvalue weighted by molar-refractivity contribution is -0.133. The second kappa shape index (κ2) is 16.4. The van der Waals surface area contributed by atoms with Gasteiger partial charge in [0, 0.05) is 13.0 Å². The molecule has 10 heteroatoms. The van der Waals surface area contributed by atoms with E-state index < -0.39 is 35.8 Å². The average molecular weight is 545 g/mol. The molecule has 0 aliphatic heterocycles. The van der Waals surface area contributed by atoms with Crippen LogP contribution in [-0.4, -0.2) is 54.3 Å². The van der Waals surface area contributed by atoms with E-state index >= 15 is 0 Å². The zero-order chi connectivity index (χ0) is 27.9. The van der Waals surface area contributed by atoms with Gasteiger partial charge in [0.05, 0.1) is 0 Å². The summed E-state index contributed by atoms with van der Waals surface area (Å²) < 4.78 is 13.2. The van der Waals surface area contributed by atoms with Crippen LogP contribution in [0.3, 0.4) is 0 Å². The van der Waals surface area contributed by atoms with Gasteiger partial charge >= 0.3 is 0 Å². The van der Waals surface area contributed by atoms with E-state index in [0.717, 1.165) is 5.56 Å². The number of benzene rings is 2. The van der Waals surface area contributed by atoms with Crippen LogP contribution in [0, 0.1) is 11.7 Å². The van der Waals surface area contributed by atoms with Crippen LogP contribution in [0.1, 0.15) is 37.8 Å². The quantitative estimate of drug-likeness (QED) is 0.243. The fourth-order valence-corrected chi connectivity index (χ4v) is 4.30. The molecule has 0 radical (unpaired) electrons. The predicted molar refractivity (Wildman–Crippen MR) is 148 cm³/mol. The lowest BCUT2D eigenvalue weighted by atomic mass is 10.0. The molecule has 0 unspecified atom stereocenters. The second-order valence-corrected chi connectivity index (χ2v) is 10.4. The first kappa shape index (κ1) is 30.8. The summed E-state index contributed by atoms with van der Waals surface area (Å²) in [5, 5.41) is 10.9. The van der Waals surface area contributed by atoms with Crippen molar-refractivity contribution in [3.8, 4) is 0 Å². The van der Waals surface area contributed by atoms with Gasteiger partial charge in [0.15, 0.2) is 0 Å². The second-order valence-electron chi connectivity index (χ2n) is 9.40. The Morgan fingerprint density at radius 1 is 0.868 bits per heavy atom. The lowest BCUT2D eigenvalue weighted by Crippen LogP contribution is -2.57. The molecular formula is C28H37FN4O4S. The monoisotopic (exact) mass is 544 g/mol. The number of hydrogen-bond donors (Lipinski definition) is 4.